The lowest BCUT2D eigenvalue weighted by atomic mass is 9.75. The van der Waals surface area contributed by atoms with Crippen LogP contribution in [0.25, 0.3) is 0 Å². The fraction of sp³-hybridized carbons (Fsp3) is 1.00. The first kappa shape index (κ1) is 17.0. The predicted molar refractivity (Wildman–Crippen MR) is 85.4 cm³/mol. The first-order valence-corrected chi connectivity index (χ1v) is 8.49. The number of rotatable bonds is 8. The SMILES string of the molecule is CCCN(CCCC(C)C)C1(CN)CCCC(C)C1. The second kappa shape index (κ2) is 8.26. The highest BCUT2D eigenvalue weighted by Crippen LogP contribution is 2.36. The predicted octanol–water partition coefficient (Wildman–Crippen LogP) is 4.04. The molecule has 0 radical (unpaired) electrons. The zero-order valence-corrected chi connectivity index (χ0v) is 13.8. The summed E-state index contributed by atoms with van der Waals surface area (Å²) in [6, 6.07) is 0. The van der Waals surface area contributed by atoms with Gasteiger partial charge in [-0.25, -0.2) is 0 Å². The normalized spacial score (nSPS) is 28.3. The molecule has 0 aliphatic heterocycles. The third-order valence-corrected chi connectivity index (χ3v) is 4.82. The summed E-state index contributed by atoms with van der Waals surface area (Å²) < 4.78 is 0. The van der Waals surface area contributed by atoms with Crippen LogP contribution < -0.4 is 5.73 Å². The Morgan fingerprint density at radius 1 is 1.32 bits per heavy atom. The van der Waals surface area contributed by atoms with E-state index in [0.717, 1.165) is 18.4 Å². The number of hydrogen-bond acceptors (Lipinski definition) is 2. The van der Waals surface area contributed by atoms with Crippen molar-refractivity contribution in [2.24, 2.45) is 17.6 Å². The molecule has 0 bridgehead atoms. The van der Waals surface area contributed by atoms with E-state index < -0.39 is 0 Å². The van der Waals surface area contributed by atoms with Crippen molar-refractivity contribution < 1.29 is 0 Å². The van der Waals surface area contributed by atoms with Gasteiger partial charge in [0.25, 0.3) is 0 Å². The maximum Gasteiger partial charge on any atom is 0.0334 e. The van der Waals surface area contributed by atoms with E-state index in [0.29, 0.717) is 5.54 Å². The zero-order valence-electron chi connectivity index (χ0n) is 13.8. The fourth-order valence-corrected chi connectivity index (χ4v) is 3.78. The Labute approximate surface area is 121 Å². The van der Waals surface area contributed by atoms with Crippen LogP contribution in [0.1, 0.15) is 72.6 Å². The summed E-state index contributed by atoms with van der Waals surface area (Å²) in [5.41, 5.74) is 6.53. The molecule has 2 atom stereocenters. The quantitative estimate of drug-likeness (QED) is 0.720. The van der Waals surface area contributed by atoms with E-state index in [-0.39, 0.29) is 0 Å². The largest absolute Gasteiger partial charge is 0.329 e. The van der Waals surface area contributed by atoms with Crippen LogP contribution in [-0.4, -0.2) is 30.1 Å². The second-order valence-corrected chi connectivity index (χ2v) is 7.15. The molecule has 2 unspecified atom stereocenters. The molecule has 2 heteroatoms. The summed E-state index contributed by atoms with van der Waals surface area (Å²) in [4.78, 5) is 2.74. The van der Waals surface area contributed by atoms with Crippen LogP contribution in [0.5, 0.6) is 0 Å². The van der Waals surface area contributed by atoms with Crippen LogP contribution in [0.4, 0.5) is 0 Å². The standard InChI is InChI=1S/C17H36N2/c1-5-11-19(12-7-8-15(2)3)17(14-18)10-6-9-16(4)13-17/h15-16H,5-14,18H2,1-4H3. The van der Waals surface area contributed by atoms with Crippen LogP contribution in [-0.2, 0) is 0 Å². The van der Waals surface area contributed by atoms with Gasteiger partial charge in [-0.3, -0.25) is 4.90 Å². The van der Waals surface area contributed by atoms with Gasteiger partial charge < -0.3 is 5.73 Å². The maximum absolute atomic E-state index is 6.22. The average Bonchev–Trinajstić information content (AvgIpc) is 2.37. The van der Waals surface area contributed by atoms with Gasteiger partial charge in [0.2, 0.25) is 0 Å². The molecule has 2 N–H and O–H groups in total. The molecule has 0 amide bonds. The van der Waals surface area contributed by atoms with Crippen LogP contribution >= 0.6 is 0 Å². The van der Waals surface area contributed by atoms with Gasteiger partial charge in [-0.1, -0.05) is 40.5 Å². The smallest absolute Gasteiger partial charge is 0.0334 e. The van der Waals surface area contributed by atoms with Gasteiger partial charge in [-0.2, -0.15) is 0 Å². The molecule has 114 valence electrons. The fourth-order valence-electron chi connectivity index (χ4n) is 3.78. The zero-order chi connectivity index (χ0) is 14.3. The topological polar surface area (TPSA) is 29.3 Å². The molecule has 1 saturated carbocycles. The summed E-state index contributed by atoms with van der Waals surface area (Å²) in [6.07, 6.45) is 9.30. The van der Waals surface area contributed by atoms with Crippen LogP contribution in [0.15, 0.2) is 0 Å². The molecule has 1 rings (SSSR count). The van der Waals surface area contributed by atoms with Gasteiger partial charge in [-0.05, 0) is 57.0 Å². The Kier molecular flexibility index (Phi) is 7.38. The highest BCUT2D eigenvalue weighted by Gasteiger charge is 2.38. The first-order chi connectivity index (χ1) is 9.04. The summed E-state index contributed by atoms with van der Waals surface area (Å²) in [5, 5.41) is 0. The molecule has 0 aromatic carbocycles. The van der Waals surface area contributed by atoms with Crippen LogP contribution in [0, 0.1) is 11.8 Å². The molecule has 0 spiro atoms. The molecule has 0 saturated heterocycles. The monoisotopic (exact) mass is 268 g/mol. The van der Waals surface area contributed by atoms with Crippen molar-refractivity contribution in [3.63, 3.8) is 0 Å². The van der Waals surface area contributed by atoms with Crippen molar-refractivity contribution in [1.29, 1.82) is 0 Å². The van der Waals surface area contributed by atoms with E-state index in [1.54, 1.807) is 0 Å². The number of hydrogen-bond donors (Lipinski definition) is 1. The first-order valence-electron chi connectivity index (χ1n) is 8.49. The number of nitrogens with zero attached hydrogens (tertiary/aromatic N) is 1. The third-order valence-electron chi connectivity index (χ3n) is 4.82. The minimum absolute atomic E-state index is 0.310. The second-order valence-electron chi connectivity index (χ2n) is 7.15. The summed E-state index contributed by atoms with van der Waals surface area (Å²) in [6.45, 7) is 12.7. The van der Waals surface area contributed by atoms with Gasteiger partial charge in [0, 0.05) is 12.1 Å². The summed E-state index contributed by atoms with van der Waals surface area (Å²) in [5.74, 6) is 1.67. The minimum atomic E-state index is 0.310. The lowest BCUT2D eigenvalue weighted by molar-refractivity contribution is 0.0368. The van der Waals surface area contributed by atoms with E-state index in [4.69, 9.17) is 5.73 Å². The van der Waals surface area contributed by atoms with Gasteiger partial charge in [0.15, 0.2) is 0 Å². The lowest BCUT2D eigenvalue weighted by Gasteiger charge is -2.48. The van der Waals surface area contributed by atoms with E-state index in [1.807, 2.05) is 0 Å². The van der Waals surface area contributed by atoms with Gasteiger partial charge in [0.1, 0.15) is 0 Å². The Bertz CT molecular complexity index is 239. The Hall–Kier alpha value is -0.0800. The van der Waals surface area contributed by atoms with E-state index in [2.05, 4.69) is 32.6 Å². The molecule has 1 aliphatic carbocycles. The molecular weight excluding hydrogens is 232 g/mol. The van der Waals surface area contributed by atoms with E-state index in [1.165, 1.54) is 58.0 Å². The van der Waals surface area contributed by atoms with E-state index >= 15 is 0 Å². The van der Waals surface area contributed by atoms with Crippen molar-refractivity contribution in [2.75, 3.05) is 19.6 Å². The van der Waals surface area contributed by atoms with Gasteiger partial charge >= 0.3 is 0 Å². The molecule has 0 heterocycles. The molecular formula is C17H36N2. The molecule has 19 heavy (non-hydrogen) atoms. The Balaban J connectivity index is 2.64. The van der Waals surface area contributed by atoms with Crippen molar-refractivity contribution in [3.05, 3.63) is 0 Å². The molecule has 0 aromatic rings. The summed E-state index contributed by atoms with van der Waals surface area (Å²) in [7, 11) is 0. The Morgan fingerprint density at radius 2 is 2.05 bits per heavy atom. The van der Waals surface area contributed by atoms with E-state index in [9.17, 15) is 0 Å². The highest BCUT2D eigenvalue weighted by molar-refractivity contribution is 4.95. The lowest BCUT2D eigenvalue weighted by Crippen LogP contribution is -2.56. The molecule has 1 fully saturated rings. The third kappa shape index (κ3) is 5.07. The van der Waals surface area contributed by atoms with Crippen LogP contribution in [0.3, 0.4) is 0 Å². The van der Waals surface area contributed by atoms with Crippen LogP contribution in [0.2, 0.25) is 0 Å². The molecule has 2 nitrogen and oxygen atoms in total. The maximum atomic E-state index is 6.22. The summed E-state index contributed by atoms with van der Waals surface area (Å²) >= 11 is 0. The van der Waals surface area contributed by atoms with Gasteiger partial charge in [0.05, 0.1) is 0 Å². The molecule has 1 aliphatic rings. The highest BCUT2D eigenvalue weighted by atomic mass is 15.2. The van der Waals surface area contributed by atoms with Crippen molar-refractivity contribution in [1.82, 2.24) is 4.90 Å². The minimum Gasteiger partial charge on any atom is -0.329 e. The van der Waals surface area contributed by atoms with Crippen molar-refractivity contribution in [2.45, 2.75) is 78.2 Å². The van der Waals surface area contributed by atoms with Crippen molar-refractivity contribution in [3.8, 4) is 0 Å². The Morgan fingerprint density at radius 3 is 2.58 bits per heavy atom. The molecule has 0 aromatic heterocycles. The van der Waals surface area contributed by atoms with Gasteiger partial charge in [-0.15, -0.1) is 0 Å². The van der Waals surface area contributed by atoms with Crippen molar-refractivity contribution >= 4 is 0 Å². The average molecular weight is 268 g/mol. The number of nitrogens with two attached hydrogens (primary N) is 1.